The Morgan fingerprint density at radius 1 is 0.667 bits per heavy atom. The molecule has 0 aliphatic rings. The summed E-state index contributed by atoms with van der Waals surface area (Å²) in [6.45, 7) is 2.26. The lowest BCUT2D eigenvalue weighted by molar-refractivity contribution is 0.429. The van der Waals surface area contributed by atoms with Crippen molar-refractivity contribution in [2.75, 3.05) is 0 Å². The van der Waals surface area contributed by atoms with E-state index < -0.39 is 6.08 Å². The summed E-state index contributed by atoms with van der Waals surface area (Å²) in [5, 5.41) is 0. The highest BCUT2D eigenvalue weighted by molar-refractivity contribution is 5.66. The molecule has 0 unspecified atom stereocenters. The molecule has 27 heavy (non-hydrogen) atoms. The molecule has 0 aromatic heterocycles. The van der Waals surface area contributed by atoms with Crippen LogP contribution in [0, 0.1) is 0 Å². The van der Waals surface area contributed by atoms with E-state index in [1.54, 1.807) is 12.1 Å². The molecule has 0 aliphatic heterocycles. The predicted octanol–water partition coefficient (Wildman–Crippen LogP) is 8.66. The lowest BCUT2D eigenvalue weighted by Crippen LogP contribution is -1.87. The molecular weight excluding hydrogens is 338 g/mol. The van der Waals surface area contributed by atoms with Gasteiger partial charge < -0.3 is 0 Å². The number of hydrogen-bond acceptors (Lipinski definition) is 0. The average Bonchev–Trinajstić information content (AvgIpc) is 2.67. The van der Waals surface area contributed by atoms with Crippen LogP contribution in [0.5, 0.6) is 0 Å². The van der Waals surface area contributed by atoms with Crippen LogP contribution in [0.3, 0.4) is 0 Å². The predicted molar refractivity (Wildman–Crippen MR) is 113 cm³/mol. The Hall–Kier alpha value is -1.96. The molecule has 0 saturated carbocycles. The normalized spacial score (nSPS) is 10.8. The van der Waals surface area contributed by atoms with E-state index in [1.807, 2.05) is 12.1 Å². The van der Waals surface area contributed by atoms with E-state index in [0.717, 1.165) is 23.6 Å². The van der Waals surface area contributed by atoms with Crippen LogP contribution >= 0.6 is 0 Å². The summed E-state index contributed by atoms with van der Waals surface area (Å²) in [6, 6.07) is 15.9. The van der Waals surface area contributed by atoms with Crippen molar-refractivity contribution in [3.05, 3.63) is 65.7 Å². The molecule has 2 rings (SSSR count). The second-order valence-corrected chi connectivity index (χ2v) is 7.33. The zero-order valence-corrected chi connectivity index (χ0v) is 16.5. The lowest BCUT2D eigenvalue weighted by Gasteiger charge is -2.06. The van der Waals surface area contributed by atoms with Gasteiger partial charge in [0.1, 0.15) is 0 Å². The molecule has 0 radical (unpaired) electrons. The second kappa shape index (κ2) is 12.4. The van der Waals surface area contributed by atoms with E-state index in [-0.39, 0.29) is 0 Å². The van der Waals surface area contributed by atoms with Gasteiger partial charge in [0.2, 0.25) is 0 Å². The van der Waals surface area contributed by atoms with Crippen molar-refractivity contribution in [3.63, 3.8) is 0 Å². The van der Waals surface area contributed by atoms with Gasteiger partial charge in [-0.15, -0.1) is 0 Å². The molecule has 2 heteroatoms. The van der Waals surface area contributed by atoms with E-state index in [4.69, 9.17) is 0 Å². The molecule has 146 valence electrons. The number of aryl methyl sites for hydroxylation is 1. The van der Waals surface area contributed by atoms with Crippen molar-refractivity contribution < 1.29 is 8.78 Å². The molecule has 2 aromatic rings. The van der Waals surface area contributed by atoms with Gasteiger partial charge in [0.15, 0.2) is 0 Å². The quantitative estimate of drug-likeness (QED) is 0.328. The largest absolute Gasteiger partial charge is 0.270 e. The summed E-state index contributed by atoms with van der Waals surface area (Å²) in [4.78, 5) is 0. The van der Waals surface area contributed by atoms with Crippen LogP contribution in [0.15, 0.2) is 54.6 Å². The Kier molecular flexibility index (Phi) is 9.83. The number of unbranched alkanes of at least 4 members (excludes halogenated alkanes) is 8. The van der Waals surface area contributed by atoms with Crippen molar-refractivity contribution in [1.29, 1.82) is 0 Å². The van der Waals surface area contributed by atoms with Gasteiger partial charge in [-0.2, -0.15) is 8.78 Å². The Morgan fingerprint density at radius 2 is 1.15 bits per heavy atom. The van der Waals surface area contributed by atoms with Gasteiger partial charge in [0.05, 0.1) is 0 Å². The summed E-state index contributed by atoms with van der Waals surface area (Å²) in [6.07, 6.45) is 12.5. The fraction of sp³-hybridized carbons (Fsp3) is 0.440. The standard InChI is InChI=1S/C25H32F2/c1-2-3-4-5-6-7-8-9-10-11-21-12-16-23(17-13-21)24-18-14-22(15-19-24)20-25(26)27/h12-20H,2-11H2,1H3. The van der Waals surface area contributed by atoms with Crippen LogP contribution in [-0.4, -0.2) is 0 Å². The zero-order valence-electron chi connectivity index (χ0n) is 16.5. The topological polar surface area (TPSA) is 0 Å². The highest BCUT2D eigenvalue weighted by Gasteiger charge is 2.00. The summed E-state index contributed by atoms with van der Waals surface area (Å²) < 4.78 is 24.6. The molecule has 0 saturated heterocycles. The van der Waals surface area contributed by atoms with Gasteiger partial charge >= 0.3 is 0 Å². The Labute approximate surface area is 163 Å². The monoisotopic (exact) mass is 370 g/mol. The third-order valence-electron chi connectivity index (χ3n) is 5.04. The van der Waals surface area contributed by atoms with Crippen LogP contribution in [0.1, 0.15) is 75.8 Å². The van der Waals surface area contributed by atoms with Crippen molar-refractivity contribution in [1.82, 2.24) is 0 Å². The Morgan fingerprint density at radius 3 is 1.67 bits per heavy atom. The van der Waals surface area contributed by atoms with E-state index in [1.165, 1.54) is 63.4 Å². The molecular formula is C25H32F2. The molecule has 0 spiro atoms. The zero-order chi connectivity index (χ0) is 19.3. The highest BCUT2D eigenvalue weighted by Crippen LogP contribution is 2.22. The fourth-order valence-corrected chi connectivity index (χ4v) is 3.40. The maximum Gasteiger partial charge on any atom is 0.270 e. The van der Waals surface area contributed by atoms with Crippen LogP contribution < -0.4 is 0 Å². The molecule has 2 aromatic carbocycles. The van der Waals surface area contributed by atoms with Crippen LogP contribution in [0.25, 0.3) is 17.2 Å². The van der Waals surface area contributed by atoms with Crippen molar-refractivity contribution in [2.45, 2.75) is 71.1 Å². The van der Waals surface area contributed by atoms with Crippen molar-refractivity contribution in [3.8, 4) is 11.1 Å². The third-order valence-corrected chi connectivity index (χ3v) is 5.04. The number of benzene rings is 2. The molecule has 0 heterocycles. The van der Waals surface area contributed by atoms with Crippen molar-refractivity contribution >= 4 is 6.08 Å². The maximum absolute atomic E-state index is 12.3. The number of rotatable bonds is 12. The van der Waals surface area contributed by atoms with Crippen LogP contribution in [0.2, 0.25) is 0 Å². The van der Waals surface area contributed by atoms with Gasteiger partial charge in [-0.1, -0.05) is 107 Å². The summed E-state index contributed by atoms with van der Waals surface area (Å²) in [7, 11) is 0. The number of halogens is 2. The molecule has 0 atom stereocenters. The van der Waals surface area contributed by atoms with E-state index in [0.29, 0.717) is 5.56 Å². The third kappa shape index (κ3) is 8.51. The van der Waals surface area contributed by atoms with Gasteiger partial charge in [-0.25, -0.2) is 0 Å². The minimum atomic E-state index is -1.66. The van der Waals surface area contributed by atoms with Gasteiger partial charge in [0.25, 0.3) is 6.08 Å². The van der Waals surface area contributed by atoms with E-state index in [2.05, 4.69) is 31.2 Å². The Bertz CT molecular complexity index is 664. The van der Waals surface area contributed by atoms with Gasteiger partial charge in [-0.05, 0) is 35.1 Å². The summed E-state index contributed by atoms with van der Waals surface area (Å²) in [5.41, 5.74) is 4.09. The Balaban J connectivity index is 1.70. The molecule has 0 fully saturated rings. The molecule has 0 amide bonds. The van der Waals surface area contributed by atoms with Crippen LogP contribution in [0.4, 0.5) is 8.78 Å². The highest BCUT2D eigenvalue weighted by atomic mass is 19.3. The van der Waals surface area contributed by atoms with E-state index >= 15 is 0 Å². The minimum Gasteiger partial charge on any atom is -0.173 e. The second-order valence-electron chi connectivity index (χ2n) is 7.33. The van der Waals surface area contributed by atoms with Gasteiger partial charge in [-0.3, -0.25) is 0 Å². The summed E-state index contributed by atoms with van der Waals surface area (Å²) >= 11 is 0. The maximum atomic E-state index is 12.3. The first-order valence-electron chi connectivity index (χ1n) is 10.4. The number of hydrogen-bond donors (Lipinski definition) is 0. The SMILES string of the molecule is CCCCCCCCCCCc1ccc(-c2ccc(C=C(F)F)cc2)cc1. The first-order chi connectivity index (χ1) is 13.2. The molecule has 0 N–H and O–H groups in total. The van der Waals surface area contributed by atoms with Gasteiger partial charge in [0, 0.05) is 6.08 Å². The summed E-state index contributed by atoms with van der Waals surface area (Å²) in [5.74, 6) is 0. The van der Waals surface area contributed by atoms with Crippen molar-refractivity contribution in [2.24, 2.45) is 0 Å². The van der Waals surface area contributed by atoms with Crippen LogP contribution in [-0.2, 0) is 6.42 Å². The molecule has 0 bridgehead atoms. The van der Waals surface area contributed by atoms with E-state index in [9.17, 15) is 8.78 Å². The average molecular weight is 371 g/mol. The minimum absolute atomic E-state index is 0.528. The first kappa shape index (κ1) is 21.3. The molecule has 0 aliphatic carbocycles. The lowest BCUT2D eigenvalue weighted by atomic mass is 10.00. The first-order valence-corrected chi connectivity index (χ1v) is 10.4. The fourth-order valence-electron chi connectivity index (χ4n) is 3.40. The smallest absolute Gasteiger partial charge is 0.173 e. The molecule has 0 nitrogen and oxygen atoms in total.